The summed E-state index contributed by atoms with van der Waals surface area (Å²) in [6.07, 6.45) is 0. The van der Waals surface area contributed by atoms with Gasteiger partial charge in [0.25, 0.3) is 0 Å². The van der Waals surface area contributed by atoms with Crippen LogP contribution >= 0.6 is 22.6 Å². The van der Waals surface area contributed by atoms with Gasteiger partial charge in [-0.05, 0) is 0 Å². The van der Waals surface area contributed by atoms with E-state index in [0.29, 0.717) is 6.61 Å². The predicted octanol–water partition coefficient (Wildman–Crippen LogP) is 0.201. The Balaban J connectivity index is 2.86. The molecule has 0 unspecified atom stereocenters. The van der Waals surface area contributed by atoms with Crippen LogP contribution in [-0.2, 0) is 4.74 Å². The zero-order chi connectivity index (χ0) is 6.41. The van der Waals surface area contributed by atoms with Crippen LogP contribution < -0.4 is 5.84 Å². The monoisotopic (exact) mass is 230 g/mol. The Morgan fingerprint density at radius 3 is 2.75 bits per heavy atom. The first-order valence-corrected chi connectivity index (χ1v) is 3.88. The van der Waals surface area contributed by atoms with Crippen LogP contribution in [0, 0.1) is 0 Å². The topological polar surface area (TPSA) is 38.5 Å². The molecule has 0 saturated carbocycles. The predicted molar refractivity (Wildman–Crippen MR) is 41.7 cm³/mol. The second kappa shape index (κ2) is 5.74. The molecule has 0 rings (SSSR count). The van der Waals surface area contributed by atoms with E-state index < -0.39 is 0 Å². The van der Waals surface area contributed by atoms with Crippen molar-refractivity contribution in [2.45, 2.75) is 0 Å². The van der Waals surface area contributed by atoms with Gasteiger partial charge in [-0.25, -0.2) is 5.01 Å². The molecule has 0 saturated heterocycles. The summed E-state index contributed by atoms with van der Waals surface area (Å²) in [5, 5.41) is 1.70. The van der Waals surface area contributed by atoms with Crippen LogP contribution in [0.5, 0.6) is 0 Å². The third-order valence-corrected chi connectivity index (χ3v) is 1.61. The van der Waals surface area contributed by atoms with Gasteiger partial charge in [-0.2, -0.15) is 0 Å². The third kappa shape index (κ3) is 4.76. The summed E-state index contributed by atoms with van der Waals surface area (Å²) in [5.41, 5.74) is 0. The SMILES string of the molecule is COCCN(N)CI. The van der Waals surface area contributed by atoms with Gasteiger partial charge in [-0.1, -0.05) is 22.6 Å². The van der Waals surface area contributed by atoms with Gasteiger partial charge in [0.05, 0.1) is 11.2 Å². The Morgan fingerprint density at radius 2 is 2.38 bits per heavy atom. The molecule has 0 aliphatic carbocycles. The highest BCUT2D eigenvalue weighted by Crippen LogP contribution is 1.84. The fourth-order valence-corrected chi connectivity index (χ4v) is 0.609. The average Bonchev–Trinajstić information content (AvgIpc) is 1.83. The Labute approximate surface area is 63.3 Å². The summed E-state index contributed by atoms with van der Waals surface area (Å²) >= 11 is 2.20. The number of halogens is 1. The molecule has 50 valence electrons. The van der Waals surface area contributed by atoms with Crippen LogP contribution in [0.1, 0.15) is 0 Å². The second-order valence-corrected chi connectivity index (χ2v) is 2.11. The molecular weight excluding hydrogens is 219 g/mol. The minimum absolute atomic E-state index is 0.708. The summed E-state index contributed by atoms with van der Waals surface area (Å²) < 4.78 is 5.64. The fourth-order valence-electron chi connectivity index (χ4n) is 0.268. The van der Waals surface area contributed by atoms with Gasteiger partial charge in [0.15, 0.2) is 0 Å². The van der Waals surface area contributed by atoms with Crippen molar-refractivity contribution < 1.29 is 4.74 Å². The van der Waals surface area contributed by atoms with E-state index >= 15 is 0 Å². The van der Waals surface area contributed by atoms with Crippen LogP contribution in [-0.4, -0.2) is 29.8 Å². The van der Waals surface area contributed by atoms with Crippen LogP contribution in [0.2, 0.25) is 0 Å². The van der Waals surface area contributed by atoms with Crippen molar-refractivity contribution in [3.63, 3.8) is 0 Å². The number of hydrazine groups is 1. The van der Waals surface area contributed by atoms with Crippen LogP contribution in [0.3, 0.4) is 0 Å². The molecule has 0 radical (unpaired) electrons. The van der Waals surface area contributed by atoms with E-state index in [2.05, 4.69) is 22.6 Å². The van der Waals surface area contributed by atoms with Gasteiger partial charge in [-0.3, -0.25) is 5.84 Å². The lowest BCUT2D eigenvalue weighted by molar-refractivity contribution is 0.161. The molecule has 0 atom stereocenters. The molecule has 0 spiro atoms. The highest BCUT2D eigenvalue weighted by atomic mass is 127. The van der Waals surface area contributed by atoms with Crippen molar-refractivity contribution in [2.24, 2.45) is 5.84 Å². The Bertz CT molecular complexity index is 53.3. The minimum atomic E-state index is 0.708. The first-order valence-electron chi connectivity index (χ1n) is 2.35. The maximum atomic E-state index is 5.40. The molecule has 0 bridgehead atoms. The lowest BCUT2D eigenvalue weighted by Gasteiger charge is -2.10. The number of alkyl halides is 1. The smallest absolute Gasteiger partial charge is 0.0648 e. The van der Waals surface area contributed by atoms with Crippen LogP contribution in [0.4, 0.5) is 0 Å². The van der Waals surface area contributed by atoms with Crippen molar-refractivity contribution in [1.29, 1.82) is 0 Å². The number of hydrogen-bond acceptors (Lipinski definition) is 3. The summed E-state index contributed by atoms with van der Waals surface area (Å²) in [5.74, 6) is 5.40. The molecule has 2 N–H and O–H groups in total. The highest BCUT2D eigenvalue weighted by molar-refractivity contribution is 14.1. The van der Waals surface area contributed by atoms with Crippen molar-refractivity contribution >= 4 is 22.6 Å². The van der Waals surface area contributed by atoms with E-state index in [-0.39, 0.29) is 0 Å². The summed E-state index contributed by atoms with van der Waals surface area (Å²) in [6.45, 7) is 1.51. The number of methoxy groups -OCH3 is 1. The van der Waals surface area contributed by atoms with Gasteiger partial charge >= 0.3 is 0 Å². The van der Waals surface area contributed by atoms with Gasteiger partial charge in [-0.15, -0.1) is 0 Å². The fraction of sp³-hybridized carbons (Fsp3) is 1.00. The molecule has 4 heteroatoms. The molecular formula is C4H11IN2O. The lowest BCUT2D eigenvalue weighted by Crippen LogP contribution is -2.32. The number of ether oxygens (including phenoxy) is 1. The number of nitrogens with two attached hydrogens (primary N) is 1. The molecule has 8 heavy (non-hydrogen) atoms. The molecule has 0 amide bonds. The largest absolute Gasteiger partial charge is 0.383 e. The average molecular weight is 230 g/mol. The van der Waals surface area contributed by atoms with E-state index in [4.69, 9.17) is 10.6 Å². The zero-order valence-electron chi connectivity index (χ0n) is 4.93. The summed E-state index contributed by atoms with van der Waals surface area (Å²) in [4.78, 5) is 0. The minimum Gasteiger partial charge on any atom is -0.383 e. The standard InChI is InChI=1S/C4H11IN2O/c1-8-3-2-7(6)4-5/h2-4,6H2,1H3. The second-order valence-electron chi connectivity index (χ2n) is 1.42. The normalized spacial score (nSPS) is 10.5. The molecule has 0 fully saturated rings. The maximum Gasteiger partial charge on any atom is 0.0648 e. The molecule has 0 aromatic heterocycles. The quantitative estimate of drug-likeness (QED) is 0.246. The number of rotatable bonds is 4. The van der Waals surface area contributed by atoms with Crippen LogP contribution in [0.25, 0.3) is 0 Å². The molecule has 0 aliphatic heterocycles. The zero-order valence-corrected chi connectivity index (χ0v) is 7.09. The summed E-state index contributed by atoms with van der Waals surface area (Å²) in [6, 6.07) is 0. The van der Waals surface area contributed by atoms with E-state index in [1.165, 1.54) is 0 Å². The lowest BCUT2D eigenvalue weighted by atomic mass is 10.7. The van der Waals surface area contributed by atoms with Gasteiger partial charge in [0.1, 0.15) is 0 Å². The highest BCUT2D eigenvalue weighted by Gasteiger charge is 1.91. The molecule has 0 aromatic rings. The number of hydrogen-bond donors (Lipinski definition) is 1. The van der Waals surface area contributed by atoms with Gasteiger partial charge < -0.3 is 4.74 Å². The van der Waals surface area contributed by atoms with Crippen molar-refractivity contribution in [2.75, 3.05) is 24.8 Å². The van der Waals surface area contributed by atoms with Crippen LogP contribution in [0.15, 0.2) is 0 Å². The Hall–Kier alpha value is 0.610. The third-order valence-electron chi connectivity index (χ3n) is 0.736. The first-order chi connectivity index (χ1) is 3.81. The Kier molecular flexibility index (Phi) is 6.18. The Morgan fingerprint density at radius 1 is 1.75 bits per heavy atom. The summed E-state index contributed by atoms with van der Waals surface area (Å²) in [7, 11) is 1.67. The van der Waals surface area contributed by atoms with Crippen molar-refractivity contribution in [3.05, 3.63) is 0 Å². The molecule has 0 heterocycles. The molecule has 0 aliphatic rings. The van der Waals surface area contributed by atoms with E-state index in [1.54, 1.807) is 12.1 Å². The maximum absolute atomic E-state index is 5.40. The number of nitrogens with zero attached hydrogens (tertiary/aromatic N) is 1. The van der Waals surface area contributed by atoms with E-state index in [9.17, 15) is 0 Å². The van der Waals surface area contributed by atoms with Crippen molar-refractivity contribution in [1.82, 2.24) is 5.01 Å². The first kappa shape index (κ1) is 8.61. The molecule has 0 aromatic carbocycles. The van der Waals surface area contributed by atoms with E-state index in [0.717, 1.165) is 11.1 Å². The van der Waals surface area contributed by atoms with Crippen molar-refractivity contribution in [3.8, 4) is 0 Å². The van der Waals surface area contributed by atoms with Gasteiger partial charge in [0, 0.05) is 13.7 Å². The van der Waals surface area contributed by atoms with E-state index in [1.807, 2.05) is 0 Å². The van der Waals surface area contributed by atoms with Gasteiger partial charge in [0.2, 0.25) is 0 Å². The molecule has 3 nitrogen and oxygen atoms in total.